The van der Waals surface area contributed by atoms with Gasteiger partial charge in [0.25, 0.3) is 0 Å². The summed E-state index contributed by atoms with van der Waals surface area (Å²) < 4.78 is 1.08. The Morgan fingerprint density at radius 1 is 1.41 bits per heavy atom. The van der Waals surface area contributed by atoms with E-state index in [9.17, 15) is 0 Å². The summed E-state index contributed by atoms with van der Waals surface area (Å²) in [5, 5.41) is 2.80. The molecule has 0 saturated heterocycles. The van der Waals surface area contributed by atoms with Gasteiger partial charge in [-0.2, -0.15) is 0 Å². The molecule has 1 unspecified atom stereocenters. The minimum atomic E-state index is -0.0597. The second kappa shape index (κ2) is 5.75. The highest BCUT2D eigenvalue weighted by Gasteiger charge is 2.16. The van der Waals surface area contributed by atoms with E-state index in [2.05, 4.69) is 28.1 Å². The third kappa shape index (κ3) is 3.25. The minimum Gasteiger partial charge on any atom is -0.145 e. The normalized spacial score (nSPS) is 12.7. The van der Waals surface area contributed by atoms with Crippen LogP contribution in [0.15, 0.2) is 34.1 Å². The van der Waals surface area contributed by atoms with E-state index >= 15 is 0 Å². The van der Waals surface area contributed by atoms with Crippen molar-refractivity contribution in [2.75, 3.05) is 0 Å². The quantitative estimate of drug-likeness (QED) is 0.596. The molecule has 0 saturated carbocycles. The number of halogens is 3. The smallest absolute Gasteiger partial charge is 0.0733 e. The monoisotopic (exact) mass is 348 g/mol. The van der Waals surface area contributed by atoms with Gasteiger partial charge in [0.15, 0.2) is 0 Å². The summed E-state index contributed by atoms with van der Waals surface area (Å²) in [5.74, 6) is 0. The topological polar surface area (TPSA) is 0 Å². The lowest BCUT2D eigenvalue weighted by atomic mass is 10.1. The van der Waals surface area contributed by atoms with Gasteiger partial charge in [0.2, 0.25) is 0 Å². The molecule has 2 aromatic rings. The molecule has 0 aliphatic carbocycles. The van der Waals surface area contributed by atoms with Crippen molar-refractivity contribution in [1.29, 1.82) is 0 Å². The number of hydrogen-bond acceptors (Lipinski definition) is 1. The van der Waals surface area contributed by atoms with Gasteiger partial charge in [-0.05, 0) is 42.0 Å². The Balaban J connectivity index is 2.17. The van der Waals surface area contributed by atoms with E-state index in [0.29, 0.717) is 0 Å². The molecule has 0 nitrogen and oxygen atoms in total. The van der Waals surface area contributed by atoms with E-state index in [4.69, 9.17) is 23.2 Å². The van der Waals surface area contributed by atoms with Gasteiger partial charge in [0.05, 0.1) is 10.4 Å². The lowest BCUT2D eigenvalue weighted by Gasteiger charge is -2.08. The largest absolute Gasteiger partial charge is 0.145 e. The highest BCUT2D eigenvalue weighted by molar-refractivity contribution is 9.10. The average Bonchev–Trinajstić information content (AvgIpc) is 2.60. The van der Waals surface area contributed by atoms with Gasteiger partial charge in [0.1, 0.15) is 0 Å². The zero-order valence-electron chi connectivity index (χ0n) is 9.21. The molecule has 1 heterocycles. The third-order valence-electron chi connectivity index (χ3n) is 2.51. The third-order valence-corrected chi connectivity index (χ3v) is 5.34. The highest BCUT2D eigenvalue weighted by atomic mass is 79.9. The molecule has 0 aliphatic rings. The van der Waals surface area contributed by atoms with Crippen molar-refractivity contribution in [3.05, 3.63) is 55.1 Å². The van der Waals surface area contributed by atoms with E-state index in [1.54, 1.807) is 11.3 Å². The summed E-state index contributed by atoms with van der Waals surface area (Å²) in [5.41, 5.74) is 2.31. The predicted octanol–water partition coefficient (Wildman–Crippen LogP) is 6.00. The molecule has 1 atom stereocenters. The van der Waals surface area contributed by atoms with Crippen LogP contribution in [-0.2, 0) is 6.42 Å². The summed E-state index contributed by atoms with van der Waals surface area (Å²) >= 11 is 17.7. The first-order valence-electron chi connectivity index (χ1n) is 5.20. The fourth-order valence-electron chi connectivity index (χ4n) is 1.62. The maximum atomic E-state index is 6.42. The highest BCUT2D eigenvalue weighted by Crippen LogP contribution is 2.37. The molecule has 0 radical (unpaired) electrons. The lowest BCUT2D eigenvalue weighted by Crippen LogP contribution is -1.94. The molecule has 0 fully saturated rings. The summed E-state index contributed by atoms with van der Waals surface area (Å²) in [7, 11) is 0. The maximum absolute atomic E-state index is 6.42. The van der Waals surface area contributed by atoms with Crippen LogP contribution in [0.2, 0.25) is 5.02 Å². The molecule has 4 heteroatoms. The van der Waals surface area contributed by atoms with Crippen LogP contribution < -0.4 is 0 Å². The second-order valence-electron chi connectivity index (χ2n) is 3.90. The van der Waals surface area contributed by atoms with Crippen molar-refractivity contribution in [3.63, 3.8) is 0 Å². The van der Waals surface area contributed by atoms with Gasteiger partial charge < -0.3 is 0 Å². The Bertz CT molecular complexity index is 522. The van der Waals surface area contributed by atoms with E-state index in [0.717, 1.165) is 26.4 Å². The van der Waals surface area contributed by atoms with E-state index in [1.165, 1.54) is 5.56 Å². The molecule has 0 N–H and O–H groups in total. The standard InChI is InChI=1S/C13H11BrCl2S/c1-8-7-17-13(12(8)16)11(15)6-9-3-2-4-10(14)5-9/h2-5,7,11H,6H2,1H3. The number of thiophene rings is 1. The van der Waals surface area contributed by atoms with E-state index < -0.39 is 0 Å². The lowest BCUT2D eigenvalue weighted by molar-refractivity contribution is 0.938. The number of rotatable bonds is 3. The zero-order chi connectivity index (χ0) is 12.4. The Kier molecular flexibility index (Phi) is 4.53. The van der Waals surface area contributed by atoms with Crippen LogP contribution in [0, 0.1) is 6.92 Å². The summed E-state index contributed by atoms with van der Waals surface area (Å²) in [6.45, 7) is 2.01. The second-order valence-corrected chi connectivity index (χ2v) is 6.63. The van der Waals surface area contributed by atoms with E-state index in [1.807, 2.05) is 24.4 Å². The Morgan fingerprint density at radius 2 is 2.18 bits per heavy atom. The fraction of sp³-hybridized carbons (Fsp3) is 0.231. The summed E-state index contributed by atoms with van der Waals surface area (Å²) in [6.07, 6.45) is 0.792. The van der Waals surface area contributed by atoms with Gasteiger partial charge in [-0.15, -0.1) is 22.9 Å². The first-order chi connectivity index (χ1) is 8.08. The molecule has 0 spiro atoms. The van der Waals surface area contributed by atoms with Crippen molar-refractivity contribution in [2.45, 2.75) is 18.7 Å². The molecule has 0 bridgehead atoms. The van der Waals surface area contributed by atoms with Crippen LogP contribution in [-0.4, -0.2) is 0 Å². The fourth-order valence-corrected chi connectivity index (χ4v) is 3.87. The van der Waals surface area contributed by atoms with Crippen LogP contribution in [0.25, 0.3) is 0 Å². The molecule has 90 valence electrons. The van der Waals surface area contributed by atoms with Gasteiger partial charge in [0, 0.05) is 9.35 Å². The summed E-state index contributed by atoms with van der Waals surface area (Å²) in [6, 6.07) is 8.19. The molecular formula is C13H11BrCl2S. The summed E-state index contributed by atoms with van der Waals surface area (Å²) in [4.78, 5) is 1.06. The molecule has 17 heavy (non-hydrogen) atoms. The maximum Gasteiger partial charge on any atom is 0.0733 e. The Morgan fingerprint density at radius 3 is 2.76 bits per heavy atom. The van der Waals surface area contributed by atoms with Crippen molar-refractivity contribution in [2.24, 2.45) is 0 Å². The zero-order valence-corrected chi connectivity index (χ0v) is 13.1. The van der Waals surface area contributed by atoms with Gasteiger partial charge in [-0.3, -0.25) is 0 Å². The molecule has 2 rings (SSSR count). The van der Waals surface area contributed by atoms with Crippen LogP contribution in [0.4, 0.5) is 0 Å². The number of hydrogen-bond donors (Lipinski definition) is 0. The first kappa shape index (κ1) is 13.4. The molecule has 1 aromatic carbocycles. The number of alkyl halides is 1. The van der Waals surface area contributed by atoms with Crippen LogP contribution in [0.5, 0.6) is 0 Å². The van der Waals surface area contributed by atoms with Crippen LogP contribution in [0.3, 0.4) is 0 Å². The van der Waals surface area contributed by atoms with Gasteiger partial charge in [-0.25, -0.2) is 0 Å². The minimum absolute atomic E-state index is 0.0597. The van der Waals surface area contributed by atoms with Crippen molar-refractivity contribution >= 4 is 50.5 Å². The van der Waals surface area contributed by atoms with Crippen LogP contribution in [0.1, 0.15) is 21.4 Å². The molecule has 0 amide bonds. The van der Waals surface area contributed by atoms with E-state index in [-0.39, 0.29) is 5.38 Å². The first-order valence-corrected chi connectivity index (χ1v) is 7.68. The van der Waals surface area contributed by atoms with Crippen LogP contribution >= 0.6 is 50.5 Å². The number of benzene rings is 1. The molecule has 0 aliphatic heterocycles. The predicted molar refractivity (Wildman–Crippen MR) is 80.5 cm³/mol. The molecular weight excluding hydrogens is 339 g/mol. The van der Waals surface area contributed by atoms with Crippen molar-refractivity contribution in [3.8, 4) is 0 Å². The van der Waals surface area contributed by atoms with Crippen molar-refractivity contribution < 1.29 is 0 Å². The van der Waals surface area contributed by atoms with Gasteiger partial charge >= 0.3 is 0 Å². The Hall–Kier alpha value is -0.0200. The Labute approximate surface area is 124 Å². The SMILES string of the molecule is Cc1csc(C(Cl)Cc2cccc(Br)c2)c1Cl. The number of aryl methyl sites for hydroxylation is 1. The average molecular weight is 350 g/mol. The molecule has 1 aromatic heterocycles. The van der Waals surface area contributed by atoms with Gasteiger partial charge in [-0.1, -0.05) is 39.7 Å². The van der Waals surface area contributed by atoms with Crippen molar-refractivity contribution in [1.82, 2.24) is 0 Å².